The number of aryl methyl sites for hydroxylation is 1. The van der Waals surface area contributed by atoms with Gasteiger partial charge in [-0.15, -0.1) is 36.2 Å². The Bertz CT molecular complexity index is 521. The molecule has 1 aromatic rings. The molecule has 1 saturated carbocycles. The van der Waals surface area contributed by atoms with Crippen molar-refractivity contribution in [1.29, 1.82) is 0 Å². The van der Waals surface area contributed by atoms with Crippen molar-refractivity contribution in [1.82, 2.24) is 10.3 Å². The molecular weight excluding hydrogens is 357 g/mol. The number of halogens is 2. The number of rotatable bonds is 4. The molecule has 3 rings (SSSR count). The second-order valence-corrected chi connectivity index (χ2v) is 6.99. The van der Waals surface area contributed by atoms with Gasteiger partial charge in [0.15, 0.2) is 0 Å². The molecule has 0 radical (unpaired) electrons. The lowest BCUT2D eigenvalue weighted by Gasteiger charge is -2.29. The number of nitrogens with zero attached hydrogens (tertiary/aromatic N) is 1. The predicted molar refractivity (Wildman–Crippen MR) is 96.6 cm³/mol. The number of nitrogens with one attached hydrogen (secondary N) is 1. The highest BCUT2D eigenvalue weighted by atomic mass is 35.5. The number of amides is 1. The second-order valence-electron chi connectivity index (χ2n) is 6.13. The molecule has 1 aliphatic heterocycles. The molecular formula is C15H25Cl2N3O2S. The molecule has 2 atom stereocenters. The van der Waals surface area contributed by atoms with Gasteiger partial charge in [-0.1, -0.05) is 12.8 Å². The van der Waals surface area contributed by atoms with E-state index in [0.717, 1.165) is 49.2 Å². The van der Waals surface area contributed by atoms with Crippen molar-refractivity contribution in [3.8, 4) is 0 Å². The van der Waals surface area contributed by atoms with Gasteiger partial charge >= 0.3 is 0 Å². The lowest BCUT2D eigenvalue weighted by Crippen LogP contribution is -2.48. The highest BCUT2D eigenvalue weighted by Crippen LogP contribution is 2.40. The highest BCUT2D eigenvalue weighted by molar-refractivity contribution is 7.09. The molecule has 0 bridgehead atoms. The minimum absolute atomic E-state index is 0. The molecule has 2 heterocycles. The fraction of sp³-hybridized carbons (Fsp3) is 0.733. The standard InChI is InChI=1S/C15H23N3O2S.2ClH/c1-10-9-21-14(17-10)15(6-2-3-7-15)18-13(19)12-5-4-11(8-16)20-12;;/h9,11-12H,2-8,16H2,1H3,(H,18,19);2*1H/t11-,12+;;/m1../s1. The first-order valence-electron chi connectivity index (χ1n) is 7.73. The summed E-state index contributed by atoms with van der Waals surface area (Å²) in [6.07, 6.45) is 5.53. The van der Waals surface area contributed by atoms with Gasteiger partial charge in [0.2, 0.25) is 5.91 Å². The summed E-state index contributed by atoms with van der Waals surface area (Å²) < 4.78 is 5.71. The van der Waals surface area contributed by atoms with E-state index < -0.39 is 0 Å². The molecule has 2 fully saturated rings. The lowest BCUT2D eigenvalue weighted by molar-refractivity contribution is -0.134. The zero-order valence-corrected chi connectivity index (χ0v) is 15.7. The van der Waals surface area contributed by atoms with Gasteiger partial charge in [-0.3, -0.25) is 4.79 Å². The maximum absolute atomic E-state index is 12.5. The van der Waals surface area contributed by atoms with Gasteiger partial charge in [0.05, 0.1) is 11.6 Å². The van der Waals surface area contributed by atoms with Crippen molar-refractivity contribution in [2.75, 3.05) is 6.54 Å². The van der Waals surface area contributed by atoms with Crippen molar-refractivity contribution < 1.29 is 9.53 Å². The van der Waals surface area contributed by atoms with Crippen molar-refractivity contribution in [3.05, 3.63) is 16.1 Å². The largest absolute Gasteiger partial charge is 0.364 e. The van der Waals surface area contributed by atoms with Crippen LogP contribution >= 0.6 is 36.2 Å². The van der Waals surface area contributed by atoms with Crippen molar-refractivity contribution >= 4 is 42.1 Å². The number of ether oxygens (including phenoxy) is 1. The van der Waals surface area contributed by atoms with Crippen LogP contribution in [0.15, 0.2) is 5.38 Å². The maximum atomic E-state index is 12.5. The molecule has 0 aromatic carbocycles. The van der Waals surface area contributed by atoms with Gasteiger partial charge in [-0.2, -0.15) is 0 Å². The molecule has 132 valence electrons. The van der Waals surface area contributed by atoms with E-state index in [4.69, 9.17) is 10.5 Å². The number of carbonyl (C=O) groups is 1. The number of nitrogens with two attached hydrogens (primary N) is 1. The zero-order chi connectivity index (χ0) is 14.9. The van der Waals surface area contributed by atoms with Crippen LogP contribution in [0.4, 0.5) is 0 Å². The summed E-state index contributed by atoms with van der Waals surface area (Å²) >= 11 is 1.65. The van der Waals surface area contributed by atoms with Gasteiger partial charge < -0.3 is 15.8 Å². The number of carbonyl (C=O) groups excluding carboxylic acids is 1. The Morgan fingerprint density at radius 3 is 2.65 bits per heavy atom. The minimum atomic E-state index is -0.350. The van der Waals surface area contributed by atoms with Crippen LogP contribution in [0.2, 0.25) is 0 Å². The molecule has 0 spiro atoms. The number of hydrogen-bond donors (Lipinski definition) is 2. The summed E-state index contributed by atoms with van der Waals surface area (Å²) in [6, 6.07) is 0. The minimum Gasteiger partial charge on any atom is -0.364 e. The van der Waals surface area contributed by atoms with E-state index in [9.17, 15) is 4.79 Å². The average Bonchev–Trinajstić information content (AvgIpc) is 3.18. The van der Waals surface area contributed by atoms with Crippen LogP contribution in [0.25, 0.3) is 0 Å². The van der Waals surface area contributed by atoms with E-state index >= 15 is 0 Å². The van der Waals surface area contributed by atoms with Crippen molar-refractivity contribution in [3.63, 3.8) is 0 Å². The predicted octanol–water partition coefficient (Wildman–Crippen LogP) is 2.69. The number of hydrogen-bond acceptors (Lipinski definition) is 5. The zero-order valence-electron chi connectivity index (χ0n) is 13.2. The molecule has 8 heteroatoms. The summed E-state index contributed by atoms with van der Waals surface area (Å²) in [5, 5.41) is 6.35. The van der Waals surface area contributed by atoms with E-state index in [-0.39, 0.29) is 48.5 Å². The molecule has 23 heavy (non-hydrogen) atoms. The van der Waals surface area contributed by atoms with Gasteiger partial charge in [-0.25, -0.2) is 4.98 Å². The van der Waals surface area contributed by atoms with Crippen LogP contribution < -0.4 is 11.1 Å². The molecule has 0 unspecified atom stereocenters. The quantitative estimate of drug-likeness (QED) is 0.840. The monoisotopic (exact) mass is 381 g/mol. The van der Waals surface area contributed by atoms with Crippen molar-refractivity contribution in [2.24, 2.45) is 5.73 Å². The third-order valence-electron chi connectivity index (χ3n) is 4.51. The summed E-state index contributed by atoms with van der Waals surface area (Å²) in [5.74, 6) is 0.000651. The Hall–Kier alpha value is -0.400. The Labute approximate surface area is 153 Å². The Balaban J connectivity index is 0.00000132. The van der Waals surface area contributed by atoms with Crippen LogP contribution in [0.5, 0.6) is 0 Å². The van der Waals surface area contributed by atoms with Crippen LogP contribution in [0, 0.1) is 6.92 Å². The normalized spacial score (nSPS) is 25.5. The lowest BCUT2D eigenvalue weighted by atomic mass is 9.97. The fourth-order valence-electron chi connectivity index (χ4n) is 3.33. The smallest absolute Gasteiger partial charge is 0.249 e. The van der Waals surface area contributed by atoms with Gasteiger partial charge in [0.25, 0.3) is 0 Å². The first-order chi connectivity index (χ1) is 10.1. The highest BCUT2D eigenvalue weighted by Gasteiger charge is 2.42. The maximum Gasteiger partial charge on any atom is 0.249 e. The van der Waals surface area contributed by atoms with Crippen LogP contribution in [0.1, 0.15) is 49.2 Å². The SMILES string of the molecule is Cc1csc(C2(NC(=O)[C@@H]3CC[C@H](CN)O3)CCCC2)n1.Cl.Cl. The average molecular weight is 382 g/mol. The summed E-state index contributed by atoms with van der Waals surface area (Å²) in [7, 11) is 0. The molecule has 1 amide bonds. The Kier molecular flexibility index (Phi) is 7.74. The molecule has 5 nitrogen and oxygen atoms in total. The van der Waals surface area contributed by atoms with E-state index in [2.05, 4.69) is 15.7 Å². The molecule has 1 aromatic heterocycles. The van der Waals surface area contributed by atoms with Crippen molar-refractivity contribution in [2.45, 2.75) is 63.2 Å². The van der Waals surface area contributed by atoms with E-state index in [1.54, 1.807) is 11.3 Å². The van der Waals surface area contributed by atoms with Crippen LogP contribution in [-0.4, -0.2) is 29.6 Å². The Morgan fingerprint density at radius 1 is 1.43 bits per heavy atom. The van der Waals surface area contributed by atoms with E-state index in [0.29, 0.717) is 6.54 Å². The number of aromatic nitrogens is 1. The second kappa shape index (κ2) is 8.62. The van der Waals surface area contributed by atoms with E-state index in [1.807, 2.05) is 6.92 Å². The first-order valence-corrected chi connectivity index (χ1v) is 8.61. The molecule has 2 aliphatic rings. The third kappa shape index (κ3) is 4.37. The topological polar surface area (TPSA) is 77.2 Å². The molecule has 1 aliphatic carbocycles. The van der Waals surface area contributed by atoms with Gasteiger partial charge in [0, 0.05) is 17.6 Å². The summed E-state index contributed by atoms with van der Waals surface area (Å²) in [5.41, 5.74) is 6.36. The summed E-state index contributed by atoms with van der Waals surface area (Å²) in [6.45, 7) is 2.48. The number of thiazole rings is 1. The van der Waals surface area contributed by atoms with Crippen LogP contribution in [-0.2, 0) is 15.1 Å². The summed E-state index contributed by atoms with van der Waals surface area (Å²) in [4.78, 5) is 17.2. The van der Waals surface area contributed by atoms with E-state index in [1.165, 1.54) is 0 Å². The fourth-order valence-corrected chi connectivity index (χ4v) is 4.35. The van der Waals surface area contributed by atoms with Gasteiger partial charge in [-0.05, 0) is 32.6 Å². The Morgan fingerprint density at radius 2 is 2.13 bits per heavy atom. The molecule has 1 saturated heterocycles. The van der Waals surface area contributed by atoms with Gasteiger partial charge in [0.1, 0.15) is 11.1 Å². The first kappa shape index (κ1) is 20.6. The molecule has 3 N–H and O–H groups in total. The third-order valence-corrected chi connectivity index (χ3v) is 5.68. The van der Waals surface area contributed by atoms with Crippen LogP contribution in [0.3, 0.4) is 0 Å².